The Bertz CT molecular complexity index is 3240. The number of aromatic nitrogens is 2. The van der Waals surface area contributed by atoms with Gasteiger partial charge in [-0.1, -0.05) is 80.0 Å². The molecule has 7 fully saturated rings. The van der Waals surface area contributed by atoms with Crippen LogP contribution in [0.4, 0.5) is 11.4 Å². The predicted octanol–water partition coefficient (Wildman–Crippen LogP) is 28.2. The van der Waals surface area contributed by atoms with Crippen LogP contribution in [0.15, 0.2) is 175 Å². The minimum absolute atomic E-state index is 0.0465. The summed E-state index contributed by atoms with van der Waals surface area (Å²) in [6.07, 6.45) is 56.7. The molecule has 6 saturated carbocycles. The number of rotatable bonds is 12. The summed E-state index contributed by atoms with van der Waals surface area (Å²) < 4.78 is 4.87. The molecule has 14 rings (SSSR count). The van der Waals surface area contributed by atoms with E-state index in [0.29, 0.717) is 0 Å². The van der Waals surface area contributed by atoms with Crippen LogP contribution >= 0.6 is 70.5 Å². The van der Waals surface area contributed by atoms with E-state index in [9.17, 15) is 0 Å². The standard InChI is InChI=1S/C21H27N2.2C18H33P.C15H12.C7H6.C6H7N.C5H4BrN.4ClH.2Ru/c1-14-9-16(3)20(17(4)10-14)22-7-8-23(13-22)21-18(5)11-15(2)12-19(21)6;2*1-4-10-16(11-5-1)19(17-12-6-2-7-13-17)18-14-8-3-9-15-18;1-2-15(13-9-5-3-6-10-13)14-11-7-4-8-12-14;1-7-5-3-2-4-6-7;1-6-3-2-4-7-5-6;6-5-2-1-3-7-4-5;;;;;;/h9-13H,7-8H2,1-6H3;2*16-18H,1-15H2;1-12H;1-6H;2-5H,1H3;1-4H;4*1H;;/q-1;;;;;;;;;;;2*+2/p-2. The van der Waals surface area contributed by atoms with Crippen molar-refractivity contribution >= 4 is 96.7 Å². The third-order valence-electron chi connectivity index (χ3n) is 22.1. The van der Waals surface area contributed by atoms with Crippen molar-refractivity contribution in [1.29, 1.82) is 0 Å². The van der Waals surface area contributed by atoms with E-state index in [2.05, 4.69) is 132 Å². The van der Waals surface area contributed by atoms with Crippen LogP contribution in [0.1, 0.15) is 248 Å². The molecule has 0 spiro atoms. The van der Waals surface area contributed by atoms with Crippen molar-refractivity contribution in [1.82, 2.24) is 9.97 Å². The van der Waals surface area contributed by atoms with Crippen LogP contribution in [0.25, 0.3) is 5.57 Å². The average Bonchev–Trinajstić information content (AvgIpc) is 1.76. The Kier molecular flexibility index (Phi) is 40.6. The van der Waals surface area contributed by atoms with Gasteiger partial charge in [-0.25, -0.2) is 0 Å². The number of hydrogen-bond acceptors (Lipinski definition) is 4. The molecule has 6 aliphatic carbocycles. The van der Waals surface area contributed by atoms with Gasteiger partial charge >= 0.3 is 194 Å². The molecule has 103 heavy (non-hydrogen) atoms. The average molecular weight is 1750 g/mol. The SMILES string of the molecule is Brc1cccnc1.C1CCC([PH+](C2CCCCC2)C2CCCCC2)CC1.C1CCC([PH+](C2CCCCC2)C2CCCCC2)CC1.Cc1cc(C)c(N2[CH-]N(c3c(C)cc(C)cc3C)CC2)c(C)c1.Cc1cccnc1.[Cl][Ru]([Cl])=[CH]C=C(c1ccccc1)c1ccccc1.[Cl][Ru]([Cl])=[CH]c1ccccc1. The van der Waals surface area contributed by atoms with E-state index in [4.69, 9.17) is 38.8 Å². The molecule has 564 valence electrons. The number of benzene rings is 5. The van der Waals surface area contributed by atoms with E-state index < -0.39 is 27.0 Å². The topological polar surface area (TPSA) is 32.3 Å². The summed E-state index contributed by atoms with van der Waals surface area (Å²) in [7, 11) is 23.0. The molecule has 13 heteroatoms. The molecule has 1 saturated heterocycles. The number of aryl methyl sites for hydroxylation is 7. The molecule has 0 radical (unpaired) electrons. The van der Waals surface area contributed by atoms with Crippen molar-refractivity contribution in [2.24, 2.45) is 0 Å². The van der Waals surface area contributed by atoms with Crippen molar-refractivity contribution in [3.8, 4) is 0 Å². The molecule has 4 nitrogen and oxygen atoms in total. The van der Waals surface area contributed by atoms with Gasteiger partial charge in [0.1, 0.15) is 0 Å². The van der Waals surface area contributed by atoms with Crippen molar-refractivity contribution in [2.75, 3.05) is 22.9 Å². The Labute approximate surface area is 662 Å². The zero-order chi connectivity index (χ0) is 73.0. The zero-order valence-electron chi connectivity index (χ0n) is 63.4. The van der Waals surface area contributed by atoms with Crippen LogP contribution in [-0.2, 0) is 27.0 Å². The molecule has 5 aromatic carbocycles. The fraction of sp³-hybridized carbons (Fsp3) is 0.500. The number of anilines is 2. The van der Waals surface area contributed by atoms with Crippen molar-refractivity contribution in [3.63, 3.8) is 0 Å². The van der Waals surface area contributed by atoms with Crippen LogP contribution in [0.2, 0.25) is 0 Å². The van der Waals surface area contributed by atoms with Gasteiger partial charge in [-0.15, -0.1) is 0 Å². The summed E-state index contributed by atoms with van der Waals surface area (Å²) in [5.74, 6) is 0. The second-order valence-corrected chi connectivity index (χ2v) is 49.4. The van der Waals surface area contributed by atoms with Gasteiger partial charge in [0.15, 0.2) is 0 Å². The summed E-state index contributed by atoms with van der Waals surface area (Å²) >= 11 is -0.136. The minimum atomic E-state index is -1.77. The molecule has 0 N–H and O–H groups in total. The molecule has 2 aromatic heterocycles. The number of hydrogen-bond donors (Lipinski definition) is 0. The van der Waals surface area contributed by atoms with E-state index in [0.717, 1.165) is 28.7 Å². The molecule has 3 heterocycles. The normalized spacial score (nSPS) is 18.0. The first-order chi connectivity index (χ1) is 50.1. The first-order valence-corrected chi connectivity index (χ1v) is 54.5. The molecule has 1 aliphatic heterocycles. The molecule has 7 aliphatic rings. The molecule has 0 unspecified atom stereocenters. The van der Waals surface area contributed by atoms with Crippen LogP contribution in [0.3, 0.4) is 0 Å². The van der Waals surface area contributed by atoms with Crippen molar-refractivity contribution < 1.29 is 27.0 Å². The summed E-state index contributed by atoms with van der Waals surface area (Å²) in [6, 6.07) is 47.3. The fourth-order valence-electron chi connectivity index (χ4n) is 17.8. The molecule has 7 aromatic rings. The predicted molar refractivity (Wildman–Crippen MR) is 460 cm³/mol. The van der Waals surface area contributed by atoms with E-state index in [1.165, 1.54) is 95.4 Å². The van der Waals surface area contributed by atoms with Gasteiger partial charge in [-0.05, 0) is 265 Å². The quantitative estimate of drug-likeness (QED) is 0.0693. The van der Waals surface area contributed by atoms with E-state index >= 15 is 0 Å². The Morgan fingerprint density at radius 2 is 0.718 bits per heavy atom. The summed E-state index contributed by atoms with van der Waals surface area (Å²) in [4.78, 5) is 12.5. The van der Waals surface area contributed by atoms with Crippen LogP contribution in [-0.4, -0.2) is 66.2 Å². The molecular weight excluding hydrogens is 1620 g/mol. The second-order valence-electron chi connectivity index (χ2n) is 30.1. The van der Waals surface area contributed by atoms with E-state index in [1.807, 2.05) is 119 Å². The Hall–Kier alpha value is -2.77. The number of nitrogens with zero attached hydrogens (tertiary/aromatic N) is 4. The van der Waals surface area contributed by atoms with Crippen LogP contribution in [0.5, 0.6) is 0 Å². The maximum absolute atomic E-state index is 5.91. The van der Waals surface area contributed by atoms with Gasteiger partial charge in [-0.2, -0.15) is 6.67 Å². The first-order valence-electron chi connectivity index (χ1n) is 39.3. The van der Waals surface area contributed by atoms with Gasteiger partial charge in [0, 0.05) is 69.6 Å². The van der Waals surface area contributed by atoms with Crippen LogP contribution in [0, 0.1) is 55.1 Å². The molecule has 0 bridgehead atoms. The molecule has 0 atom stereocenters. The van der Waals surface area contributed by atoms with Crippen molar-refractivity contribution in [2.45, 2.75) is 275 Å². The monoisotopic (exact) mass is 1750 g/mol. The number of halogens is 5. The Morgan fingerprint density at radius 1 is 0.398 bits per heavy atom. The Morgan fingerprint density at radius 3 is 0.971 bits per heavy atom. The number of pyridine rings is 2. The Balaban J connectivity index is 0.000000158. The third kappa shape index (κ3) is 30.5. The summed E-state index contributed by atoms with van der Waals surface area (Å²) in [5.41, 5.74) is 24.0. The first kappa shape index (κ1) is 85.8. The van der Waals surface area contributed by atoms with Crippen LogP contribution < -0.4 is 9.80 Å². The maximum atomic E-state index is 5.91. The summed E-state index contributed by atoms with van der Waals surface area (Å²) in [5, 5.41) is 0. The van der Waals surface area contributed by atoms with Gasteiger partial charge in [0.2, 0.25) is 0 Å². The van der Waals surface area contributed by atoms with Gasteiger partial charge in [0.25, 0.3) is 0 Å². The molecule has 0 amide bonds. The fourth-order valence-corrected chi connectivity index (χ4v) is 31.4. The second kappa shape index (κ2) is 48.7. The molecular formula is C90H124BrCl4N4P2Ru2+. The van der Waals surface area contributed by atoms with Gasteiger partial charge in [-0.3, -0.25) is 9.97 Å². The van der Waals surface area contributed by atoms with Gasteiger partial charge < -0.3 is 9.80 Å². The van der Waals surface area contributed by atoms with Crippen molar-refractivity contribution in [3.05, 3.63) is 237 Å². The third-order valence-corrected chi connectivity index (χ3v) is 35.3. The van der Waals surface area contributed by atoms with E-state index in [-0.39, 0.29) is 15.8 Å². The van der Waals surface area contributed by atoms with E-state index in [1.54, 1.807) is 211 Å². The number of allylic oxidation sites excluding steroid dienone is 1. The van der Waals surface area contributed by atoms with Gasteiger partial charge in [0.05, 0.1) is 34.0 Å². The summed E-state index contributed by atoms with van der Waals surface area (Å²) in [6.45, 7) is 19.6. The zero-order valence-corrected chi connectivity index (χ0v) is 73.5.